The Morgan fingerprint density at radius 2 is 0.684 bits per heavy atom. The van der Waals surface area contributed by atoms with Gasteiger partial charge in [-0.25, -0.2) is 0 Å². The summed E-state index contributed by atoms with van der Waals surface area (Å²) in [4.78, 5) is 37.8. The van der Waals surface area contributed by atoms with Crippen LogP contribution in [-0.2, 0) is 28.6 Å². The molecule has 0 saturated carbocycles. The van der Waals surface area contributed by atoms with Gasteiger partial charge in [0.05, 0.1) is 0 Å². The molecule has 0 radical (unpaired) electrons. The minimum Gasteiger partial charge on any atom is -0.462 e. The van der Waals surface area contributed by atoms with Gasteiger partial charge in [-0.1, -0.05) is 171 Å². The molecule has 57 heavy (non-hydrogen) atoms. The van der Waals surface area contributed by atoms with Crippen LogP contribution in [0.2, 0.25) is 0 Å². The molecule has 0 aliphatic rings. The Labute approximate surface area is 351 Å². The first-order valence-corrected chi connectivity index (χ1v) is 23.4. The van der Waals surface area contributed by atoms with Gasteiger partial charge in [-0.3, -0.25) is 14.4 Å². The number of allylic oxidation sites excluding steroid dienone is 12. The maximum absolute atomic E-state index is 12.7. The van der Waals surface area contributed by atoms with Gasteiger partial charge in [0, 0.05) is 19.3 Å². The lowest BCUT2D eigenvalue weighted by molar-refractivity contribution is -0.167. The van der Waals surface area contributed by atoms with E-state index in [0.29, 0.717) is 19.3 Å². The number of rotatable bonds is 41. The number of hydrogen-bond donors (Lipinski definition) is 0. The maximum Gasteiger partial charge on any atom is 0.306 e. The lowest BCUT2D eigenvalue weighted by atomic mass is 10.1. The zero-order valence-corrected chi connectivity index (χ0v) is 37.1. The number of esters is 3. The summed E-state index contributed by atoms with van der Waals surface area (Å²) in [7, 11) is 0. The van der Waals surface area contributed by atoms with Gasteiger partial charge in [0.25, 0.3) is 0 Å². The molecule has 6 nitrogen and oxygen atoms in total. The highest BCUT2D eigenvalue weighted by molar-refractivity contribution is 5.71. The van der Waals surface area contributed by atoms with E-state index in [1.165, 1.54) is 64.2 Å². The molecular weight excluding hydrogens is 709 g/mol. The first kappa shape index (κ1) is 53.9. The van der Waals surface area contributed by atoms with Gasteiger partial charge in [0.2, 0.25) is 0 Å². The first-order valence-electron chi connectivity index (χ1n) is 23.4. The highest BCUT2D eigenvalue weighted by Gasteiger charge is 2.19. The highest BCUT2D eigenvalue weighted by Crippen LogP contribution is 2.13. The van der Waals surface area contributed by atoms with Crippen LogP contribution in [-0.4, -0.2) is 37.2 Å². The Bertz CT molecular complexity index is 1050. The zero-order valence-electron chi connectivity index (χ0n) is 37.1. The van der Waals surface area contributed by atoms with Gasteiger partial charge in [0.15, 0.2) is 6.10 Å². The molecular formula is C51H86O6. The standard InChI is InChI=1S/C51H86O6/c1-4-7-10-13-16-19-22-23-24-25-26-27-30-33-36-39-42-45-51(54)57-48(46-55-49(52)43-40-37-34-31-28-20-17-14-11-8-5-2)47-56-50(53)44-41-38-35-32-29-21-18-15-12-9-6-3/h7,10,14-19,23-24,26-27,48H,4-6,8-9,11-13,20-22,25,28-47H2,1-3H3/b10-7-,17-14-,18-15-,19-16-,24-23-,27-26-. The Morgan fingerprint density at radius 3 is 1.09 bits per heavy atom. The van der Waals surface area contributed by atoms with Crippen molar-refractivity contribution in [1.29, 1.82) is 0 Å². The largest absolute Gasteiger partial charge is 0.462 e. The molecule has 0 N–H and O–H groups in total. The van der Waals surface area contributed by atoms with E-state index in [1.807, 2.05) is 0 Å². The second-order valence-electron chi connectivity index (χ2n) is 15.3. The van der Waals surface area contributed by atoms with Crippen LogP contribution in [0.15, 0.2) is 72.9 Å². The lowest BCUT2D eigenvalue weighted by Gasteiger charge is -2.18. The van der Waals surface area contributed by atoms with Gasteiger partial charge in [-0.05, 0) is 96.3 Å². The minimum atomic E-state index is -0.792. The fraction of sp³-hybridized carbons (Fsp3) is 0.706. The SMILES string of the molecule is CC/C=C\C/C=C\C/C=C\C/C=C\CCCCCCC(=O)OC(COC(=O)CCCCCCC/C=C\CCCC)COC(=O)CCCCCCC/C=C\CCCC. The molecule has 0 spiro atoms. The van der Waals surface area contributed by atoms with E-state index >= 15 is 0 Å². The third kappa shape index (κ3) is 43.8. The van der Waals surface area contributed by atoms with Gasteiger partial charge < -0.3 is 14.2 Å². The van der Waals surface area contributed by atoms with Crippen LogP contribution in [0.4, 0.5) is 0 Å². The normalized spacial score (nSPS) is 12.2. The fourth-order valence-corrected chi connectivity index (χ4v) is 6.10. The third-order valence-corrected chi connectivity index (χ3v) is 9.66. The topological polar surface area (TPSA) is 78.9 Å². The number of hydrogen-bond acceptors (Lipinski definition) is 6. The van der Waals surface area contributed by atoms with Crippen molar-refractivity contribution < 1.29 is 28.6 Å². The van der Waals surface area contributed by atoms with Gasteiger partial charge >= 0.3 is 17.9 Å². The molecule has 0 unspecified atom stereocenters. The molecule has 0 bridgehead atoms. The Kier molecular flexibility index (Phi) is 43.0. The predicted molar refractivity (Wildman–Crippen MR) is 242 cm³/mol. The van der Waals surface area contributed by atoms with Crippen molar-refractivity contribution in [3.05, 3.63) is 72.9 Å². The summed E-state index contributed by atoms with van der Waals surface area (Å²) in [5.74, 6) is -0.941. The van der Waals surface area contributed by atoms with Crippen molar-refractivity contribution in [1.82, 2.24) is 0 Å². The third-order valence-electron chi connectivity index (χ3n) is 9.66. The second kappa shape index (κ2) is 45.6. The predicted octanol–water partition coefficient (Wildman–Crippen LogP) is 15.1. The summed E-state index contributed by atoms with van der Waals surface area (Å²) >= 11 is 0. The fourth-order valence-electron chi connectivity index (χ4n) is 6.10. The van der Waals surface area contributed by atoms with Crippen molar-refractivity contribution in [2.24, 2.45) is 0 Å². The van der Waals surface area contributed by atoms with Gasteiger partial charge in [-0.15, -0.1) is 0 Å². The first-order chi connectivity index (χ1) is 28.0. The summed E-state index contributed by atoms with van der Waals surface area (Å²) in [6.45, 7) is 6.39. The van der Waals surface area contributed by atoms with Crippen LogP contribution in [0.1, 0.15) is 213 Å². The van der Waals surface area contributed by atoms with Crippen molar-refractivity contribution in [3.8, 4) is 0 Å². The molecule has 0 aromatic carbocycles. The van der Waals surface area contributed by atoms with Crippen LogP contribution in [0.3, 0.4) is 0 Å². The van der Waals surface area contributed by atoms with Gasteiger partial charge in [-0.2, -0.15) is 0 Å². The summed E-state index contributed by atoms with van der Waals surface area (Å²) in [5.41, 5.74) is 0. The van der Waals surface area contributed by atoms with Crippen LogP contribution >= 0.6 is 0 Å². The molecule has 0 saturated heterocycles. The monoisotopic (exact) mass is 795 g/mol. The van der Waals surface area contributed by atoms with E-state index in [9.17, 15) is 14.4 Å². The van der Waals surface area contributed by atoms with E-state index in [-0.39, 0.29) is 31.1 Å². The van der Waals surface area contributed by atoms with E-state index in [4.69, 9.17) is 14.2 Å². The highest BCUT2D eigenvalue weighted by atomic mass is 16.6. The van der Waals surface area contributed by atoms with Crippen LogP contribution in [0, 0.1) is 0 Å². The molecule has 326 valence electrons. The van der Waals surface area contributed by atoms with Gasteiger partial charge in [0.1, 0.15) is 13.2 Å². The molecule has 0 heterocycles. The Hall–Kier alpha value is -3.15. The summed E-state index contributed by atoms with van der Waals surface area (Å²) < 4.78 is 16.7. The minimum absolute atomic E-state index is 0.0933. The van der Waals surface area contributed by atoms with Crippen LogP contribution in [0.25, 0.3) is 0 Å². The van der Waals surface area contributed by atoms with E-state index in [1.54, 1.807) is 0 Å². The molecule has 0 amide bonds. The molecule has 0 aliphatic carbocycles. The molecule has 0 aliphatic heterocycles. The molecule has 0 rings (SSSR count). The average Bonchev–Trinajstić information content (AvgIpc) is 3.21. The molecule has 0 atom stereocenters. The van der Waals surface area contributed by atoms with Crippen LogP contribution < -0.4 is 0 Å². The number of ether oxygens (including phenoxy) is 3. The quantitative estimate of drug-likeness (QED) is 0.0265. The second-order valence-corrected chi connectivity index (χ2v) is 15.3. The number of unbranched alkanes of at least 4 members (excludes halogenated alkanes) is 18. The number of carbonyl (C=O) groups excluding carboxylic acids is 3. The van der Waals surface area contributed by atoms with E-state index < -0.39 is 6.10 Å². The van der Waals surface area contributed by atoms with E-state index in [0.717, 1.165) is 109 Å². The summed E-state index contributed by atoms with van der Waals surface area (Å²) in [6.07, 6.45) is 55.9. The molecule has 0 fully saturated rings. The smallest absolute Gasteiger partial charge is 0.306 e. The lowest BCUT2D eigenvalue weighted by Crippen LogP contribution is -2.30. The molecule has 6 heteroatoms. The summed E-state index contributed by atoms with van der Waals surface area (Å²) in [5, 5.41) is 0. The van der Waals surface area contributed by atoms with Crippen molar-refractivity contribution in [2.75, 3.05) is 13.2 Å². The van der Waals surface area contributed by atoms with Crippen molar-refractivity contribution >= 4 is 17.9 Å². The molecule has 0 aromatic rings. The Morgan fingerprint density at radius 1 is 0.368 bits per heavy atom. The van der Waals surface area contributed by atoms with E-state index in [2.05, 4.69) is 93.7 Å². The van der Waals surface area contributed by atoms with Crippen molar-refractivity contribution in [2.45, 2.75) is 219 Å². The maximum atomic E-state index is 12.7. The Balaban J connectivity index is 4.45. The van der Waals surface area contributed by atoms with Crippen LogP contribution in [0.5, 0.6) is 0 Å². The zero-order chi connectivity index (χ0) is 41.5. The van der Waals surface area contributed by atoms with Crippen molar-refractivity contribution in [3.63, 3.8) is 0 Å². The molecule has 0 aromatic heterocycles. The summed E-state index contributed by atoms with van der Waals surface area (Å²) in [6, 6.07) is 0. The number of carbonyl (C=O) groups is 3. The average molecular weight is 795 g/mol.